The van der Waals surface area contributed by atoms with Gasteiger partial charge in [-0.3, -0.25) is 9.59 Å². The Morgan fingerprint density at radius 2 is 1.62 bits per heavy atom. The molecule has 0 saturated heterocycles. The summed E-state index contributed by atoms with van der Waals surface area (Å²) in [5, 5.41) is 28.5. The van der Waals surface area contributed by atoms with Crippen LogP contribution in [-0.2, 0) is 19.2 Å². The molecule has 0 bridgehead atoms. The molecule has 8 heteroatoms. The first-order valence-electron chi connectivity index (χ1n) is 6.13. The number of carboxylic acids is 3. The molecule has 0 aliphatic carbocycles. The van der Waals surface area contributed by atoms with E-state index in [1.807, 2.05) is 0 Å². The quantitative estimate of drug-likeness (QED) is 0.268. The third-order valence-corrected chi connectivity index (χ3v) is 2.01. The summed E-state index contributed by atoms with van der Waals surface area (Å²) in [5.41, 5.74) is 0.713. The monoisotopic (exact) mass is 303 g/mol. The van der Waals surface area contributed by atoms with Crippen molar-refractivity contribution in [3.63, 3.8) is 0 Å². The summed E-state index contributed by atoms with van der Waals surface area (Å²) in [6.07, 6.45) is 0.842. The molecule has 21 heavy (non-hydrogen) atoms. The van der Waals surface area contributed by atoms with Gasteiger partial charge in [-0.05, 0) is 26.7 Å². The molecular formula is C13H21NO7. The van der Waals surface area contributed by atoms with Crippen LogP contribution in [0.25, 0.3) is 0 Å². The first kappa shape index (κ1) is 20.9. The second-order valence-corrected chi connectivity index (χ2v) is 4.13. The Hall–Kier alpha value is -2.38. The van der Waals surface area contributed by atoms with E-state index in [1.165, 1.54) is 6.08 Å². The Kier molecular flexibility index (Phi) is 11.4. The van der Waals surface area contributed by atoms with Gasteiger partial charge in [0, 0.05) is 0 Å². The fraction of sp³-hybridized carbons (Fsp3) is 0.538. The predicted octanol–water partition coefficient (Wildman–Crippen LogP) is 1.61. The molecular weight excluding hydrogens is 282 g/mol. The summed E-state index contributed by atoms with van der Waals surface area (Å²) in [7, 11) is 0. The fourth-order valence-corrected chi connectivity index (χ4v) is 0.937. The number of rotatable bonds is 8. The van der Waals surface area contributed by atoms with Crippen molar-refractivity contribution >= 4 is 23.6 Å². The third kappa shape index (κ3) is 11.2. The van der Waals surface area contributed by atoms with Crippen LogP contribution in [0.5, 0.6) is 0 Å². The molecule has 0 fully saturated rings. The van der Waals surface area contributed by atoms with Gasteiger partial charge in [0.25, 0.3) is 0 Å². The highest BCUT2D eigenvalue weighted by atomic mass is 16.6. The number of aliphatic carboxylic acids is 3. The van der Waals surface area contributed by atoms with E-state index >= 15 is 0 Å². The van der Waals surface area contributed by atoms with Crippen LogP contribution in [0, 0.1) is 5.92 Å². The van der Waals surface area contributed by atoms with Crippen molar-refractivity contribution in [3.8, 4) is 0 Å². The van der Waals surface area contributed by atoms with Gasteiger partial charge in [-0.2, -0.15) is 0 Å². The molecule has 0 heterocycles. The predicted molar refractivity (Wildman–Crippen MR) is 75.2 cm³/mol. The van der Waals surface area contributed by atoms with Crippen LogP contribution in [0.1, 0.15) is 33.6 Å². The molecule has 120 valence electrons. The van der Waals surface area contributed by atoms with Gasteiger partial charge in [-0.1, -0.05) is 18.2 Å². The van der Waals surface area contributed by atoms with Gasteiger partial charge in [-0.25, -0.2) is 4.79 Å². The van der Waals surface area contributed by atoms with Crippen LogP contribution in [0.4, 0.5) is 0 Å². The molecule has 1 atom stereocenters. The maximum Gasteiger partial charge on any atom is 0.347 e. The molecule has 0 aromatic carbocycles. The van der Waals surface area contributed by atoms with E-state index < -0.39 is 29.9 Å². The van der Waals surface area contributed by atoms with E-state index in [4.69, 9.17) is 20.2 Å². The van der Waals surface area contributed by atoms with Gasteiger partial charge >= 0.3 is 17.9 Å². The average Bonchev–Trinajstić information content (AvgIpc) is 2.35. The first-order chi connectivity index (χ1) is 9.67. The second-order valence-electron chi connectivity index (χ2n) is 4.13. The number of allylic oxidation sites excluding steroid dienone is 1. The third-order valence-electron chi connectivity index (χ3n) is 2.01. The van der Waals surface area contributed by atoms with Crippen molar-refractivity contribution in [1.29, 1.82) is 0 Å². The lowest BCUT2D eigenvalue weighted by Crippen LogP contribution is -2.22. The largest absolute Gasteiger partial charge is 0.481 e. The number of hydrogen-bond donors (Lipinski definition) is 3. The summed E-state index contributed by atoms with van der Waals surface area (Å²) >= 11 is 0. The molecule has 0 spiro atoms. The lowest BCUT2D eigenvalue weighted by Gasteiger charge is -2.06. The van der Waals surface area contributed by atoms with Gasteiger partial charge in [-0.15, -0.1) is 6.58 Å². The Balaban J connectivity index is 0. The number of carbonyl (C=O) groups is 3. The molecule has 0 saturated carbocycles. The van der Waals surface area contributed by atoms with Crippen LogP contribution in [0.2, 0.25) is 0 Å². The minimum absolute atomic E-state index is 0.0370. The van der Waals surface area contributed by atoms with Gasteiger partial charge < -0.3 is 20.2 Å². The Bertz CT molecular complexity index is 385. The van der Waals surface area contributed by atoms with Gasteiger partial charge in [0.2, 0.25) is 6.10 Å². The van der Waals surface area contributed by atoms with E-state index in [-0.39, 0.29) is 6.42 Å². The van der Waals surface area contributed by atoms with E-state index in [0.29, 0.717) is 12.1 Å². The van der Waals surface area contributed by atoms with Crippen molar-refractivity contribution < 1.29 is 34.5 Å². The fourth-order valence-electron chi connectivity index (χ4n) is 0.937. The minimum Gasteiger partial charge on any atom is -0.481 e. The Morgan fingerprint density at radius 3 is 1.81 bits per heavy atom. The molecule has 0 aromatic rings. The second kappa shape index (κ2) is 11.4. The number of nitrogens with zero attached hydrogens (tertiary/aromatic N) is 1. The Morgan fingerprint density at radius 1 is 1.14 bits per heavy atom. The summed E-state index contributed by atoms with van der Waals surface area (Å²) < 4.78 is 0. The molecule has 8 nitrogen and oxygen atoms in total. The topological polar surface area (TPSA) is 133 Å². The molecule has 0 rings (SSSR count). The molecule has 0 aromatic heterocycles. The molecule has 0 aliphatic rings. The lowest BCUT2D eigenvalue weighted by molar-refractivity contribution is -0.154. The highest BCUT2D eigenvalue weighted by Gasteiger charge is 2.23. The standard InChI is InChI=1S/C7H13NO3.C6H8O4/c1-4-6(7(9)10)11-8-5(2)3;1-2-3-4(5(7)8)6(9)10/h6H,4H2,1-3H3,(H,9,10);2,4H,1,3H2,(H,7,8)(H,9,10). The zero-order chi connectivity index (χ0) is 17.0. The van der Waals surface area contributed by atoms with Crippen LogP contribution >= 0.6 is 0 Å². The summed E-state index contributed by atoms with van der Waals surface area (Å²) in [6, 6.07) is 0. The van der Waals surface area contributed by atoms with E-state index in [1.54, 1.807) is 20.8 Å². The average molecular weight is 303 g/mol. The molecule has 0 radical (unpaired) electrons. The van der Waals surface area contributed by atoms with Crippen LogP contribution in [0.3, 0.4) is 0 Å². The Labute approximate surface area is 122 Å². The summed E-state index contributed by atoms with van der Waals surface area (Å²) in [4.78, 5) is 35.3. The smallest absolute Gasteiger partial charge is 0.347 e. The van der Waals surface area contributed by atoms with Crippen LogP contribution in [-0.4, -0.2) is 45.0 Å². The molecule has 0 aliphatic heterocycles. The number of hydrogen-bond acceptors (Lipinski definition) is 5. The lowest BCUT2D eigenvalue weighted by atomic mass is 10.1. The van der Waals surface area contributed by atoms with Crippen molar-refractivity contribution in [1.82, 2.24) is 0 Å². The van der Waals surface area contributed by atoms with Crippen molar-refractivity contribution in [2.45, 2.75) is 39.7 Å². The maximum absolute atomic E-state index is 10.3. The van der Waals surface area contributed by atoms with Gasteiger partial charge in [0.15, 0.2) is 5.92 Å². The van der Waals surface area contributed by atoms with E-state index in [2.05, 4.69) is 11.7 Å². The summed E-state index contributed by atoms with van der Waals surface area (Å²) in [6.45, 7) is 8.46. The van der Waals surface area contributed by atoms with Crippen molar-refractivity contribution in [2.75, 3.05) is 0 Å². The van der Waals surface area contributed by atoms with Crippen molar-refractivity contribution in [2.24, 2.45) is 11.1 Å². The first-order valence-corrected chi connectivity index (χ1v) is 6.13. The maximum atomic E-state index is 10.3. The normalized spacial score (nSPS) is 10.7. The van der Waals surface area contributed by atoms with Crippen molar-refractivity contribution in [3.05, 3.63) is 12.7 Å². The molecule has 1 unspecified atom stereocenters. The van der Waals surface area contributed by atoms with E-state index in [9.17, 15) is 14.4 Å². The van der Waals surface area contributed by atoms with Gasteiger partial charge in [0.1, 0.15) is 0 Å². The highest BCUT2D eigenvalue weighted by molar-refractivity contribution is 5.92. The zero-order valence-corrected chi connectivity index (χ0v) is 12.3. The number of oxime groups is 1. The zero-order valence-electron chi connectivity index (χ0n) is 12.3. The molecule has 3 N–H and O–H groups in total. The number of carboxylic acid groups (broad SMARTS) is 3. The minimum atomic E-state index is -1.35. The van der Waals surface area contributed by atoms with Crippen LogP contribution in [0.15, 0.2) is 17.8 Å². The van der Waals surface area contributed by atoms with E-state index in [0.717, 1.165) is 0 Å². The van der Waals surface area contributed by atoms with Crippen LogP contribution < -0.4 is 0 Å². The molecule has 0 amide bonds. The summed E-state index contributed by atoms with van der Waals surface area (Å²) in [5.74, 6) is -4.98. The highest BCUT2D eigenvalue weighted by Crippen LogP contribution is 2.03. The van der Waals surface area contributed by atoms with Gasteiger partial charge in [0.05, 0.1) is 5.71 Å². The SMILES string of the molecule is C=CCC(C(=O)O)C(=O)O.CCC(ON=C(C)C)C(=O)O.